The van der Waals surface area contributed by atoms with Gasteiger partial charge in [0.2, 0.25) is 10.0 Å². The van der Waals surface area contributed by atoms with Crippen LogP contribution in [0.4, 0.5) is 0 Å². The molecular weight excluding hydrogens is 394 g/mol. The molecule has 2 aromatic rings. The fourth-order valence-corrected chi connectivity index (χ4v) is 7.28. The topological polar surface area (TPSA) is 80.3 Å². The SMILES string of the molecule is Cc1ccc(S(=O)(=O)C(CC(C)C)NS(=O)(=O)c2c(C)cc(C)cc2C)cc1. The van der Waals surface area contributed by atoms with Gasteiger partial charge in [0.25, 0.3) is 0 Å². The van der Waals surface area contributed by atoms with Crippen molar-refractivity contribution in [1.82, 2.24) is 4.72 Å². The first-order chi connectivity index (χ1) is 12.8. The maximum absolute atomic E-state index is 13.2. The van der Waals surface area contributed by atoms with Gasteiger partial charge in [0.15, 0.2) is 9.84 Å². The Morgan fingerprint density at radius 1 is 0.821 bits per heavy atom. The molecule has 0 aliphatic carbocycles. The summed E-state index contributed by atoms with van der Waals surface area (Å²) in [6.45, 7) is 10.9. The molecule has 0 saturated heterocycles. The molecule has 1 N–H and O–H groups in total. The van der Waals surface area contributed by atoms with E-state index in [1.165, 1.54) is 12.1 Å². The molecule has 2 rings (SSSR count). The standard InChI is InChI=1S/C21H29NO4S2/c1-14(2)11-20(27(23,24)19-9-7-15(3)8-10-19)22-28(25,26)21-17(5)12-16(4)13-18(21)6/h7-10,12-14,20,22H,11H2,1-6H3. The summed E-state index contributed by atoms with van der Waals surface area (Å²) < 4.78 is 55.1. The van der Waals surface area contributed by atoms with Crippen molar-refractivity contribution in [3.8, 4) is 0 Å². The molecule has 2 aromatic carbocycles. The second-order valence-corrected chi connectivity index (χ2v) is 11.6. The van der Waals surface area contributed by atoms with Gasteiger partial charge >= 0.3 is 0 Å². The third-order valence-corrected chi connectivity index (χ3v) is 8.48. The number of rotatable bonds is 7. The van der Waals surface area contributed by atoms with Crippen LogP contribution in [0.2, 0.25) is 0 Å². The number of benzene rings is 2. The van der Waals surface area contributed by atoms with Gasteiger partial charge in [-0.25, -0.2) is 16.8 Å². The Hall–Kier alpha value is -1.70. The zero-order valence-corrected chi connectivity index (χ0v) is 18.9. The highest BCUT2D eigenvalue weighted by Crippen LogP contribution is 2.26. The van der Waals surface area contributed by atoms with Crippen molar-refractivity contribution in [3.63, 3.8) is 0 Å². The molecule has 7 heteroatoms. The molecule has 0 aliphatic heterocycles. The van der Waals surface area contributed by atoms with Crippen molar-refractivity contribution in [2.24, 2.45) is 5.92 Å². The van der Waals surface area contributed by atoms with Crippen LogP contribution in [0.25, 0.3) is 0 Å². The van der Waals surface area contributed by atoms with Gasteiger partial charge in [-0.05, 0) is 63.3 Å². The summed E-state index contributed by atoms with van der Waals surface area (Å²) in [5, 5.41) is -1.24. The van der Waals surface area contributed by atoms with Crippen LogP contribution in [0, 0.1) is 33.6 Å². The lowest BCUT2D eigenvalue weighted by Crippen LogP contribution is -2.42. The summed E-state index contributed by atoms with van der Waals surface area (Å²) >= 11 is 0. The number of sulfonamides is 1. The Morgan fingerprint density at radius 2 is 1.32 bits per heavy atom. The fraction of sp³-hybridized carbons (Fsp3) is 0.429. The second kappa shape index (κ2) is 8.35. The third kappa shape index (κ3) is 5.01. The zero-order chi connectivity index (χ0) is 21.3. The van der Waals surface area contributed by atoms with E-state index in [1.807, 2.05) is 27.7 Å². The molecule has 0 bridgehead atoms. The molecule has 0 fully saturated rings. The van der Waals surface area contributed by atoms with Gasteiger partial charge in [-0.2, -0.15) is 4.72 Å². The lowest BCUT2D eigenvalue weighted by Gasteiger charge is -2.22. The number of nitrogens with one attached hydrogen (secondary N) is 1. The van der Waals surface area contributed by atoms with Crippen LogP contribution in [0.5, 0.6) is 0 Å². The summed E-state index contributed by atoms with van der Waals surface area (Å²) in [6.07, 6.45) is 0.180. The lowest BCUT2D eigenvalue weighted by atomic mass is 10.1. The first-order valence-corrected chi connectivity index (χ1v) is 12.3. The number of aryl methyl sites for hydroxylation is 4. The van der Waals surface area contributed by atoms with E-state index in [4.69, 9.17) is 0 Å². The van der Waals surface area contributed by atoms with Gasteiger partial charge in [-0.3, -0.25) is 0 Å². The van der Waals surface area contributed by atoms with Crippen LogP contribution in [0.3, 0.4) is 0 Å². The van der Waals surface area contributed by atoms with Crippen molar-refractivity contribution in [1.29, 1.82) is 0 Å². The molecule has 0 saturated carbocycles. The second-order valence-electron chi connectivity index (χ2n) is 7.83. The monoisotopic (exact) mass is 423 g/mol. The molecule has 0 aromatic heterocycles. The van der Waals surface area contributed by atoms with Crippen LogP contribution >= 0.6 is 0 Å². The average molecular weight is 424 g/mol. The predicted octanol–water partition coefficient (Wildman–Crippen LogP) is 4.04. The fourth-order valence-electron chi connectivity index (χ4n) is 3.38. The van der Waals surface area contributed by atoms with E-state index in [1.54, 1.807) is 38.1 Å². The maximum atomic E-state index is 13.2. The van der Waals surface area contributed by atoms with Crippen LogP contribution in [0.15, 0.2) is 46.2 Å². The van der Waals surface area contributed by atoms with E-state index in [0.717, 1.165) is 11.1 Å². The first-order valence-electron chi connectivity index (χ1n) is 9.25. The Morgan fingerprint density at radius 3 is 1.79 bits per heavy atom. The van der Waals surface area contributed by atoms with E-state index in [-0.39, 0.29) is 22.1 Å². The predicted molar refractivity (Wildman–Crippen MR) is 113 cm³/mol. The normalized spacial score (nSPS) is 13.7. The summed E-state index contributed by atoms with van der Waals surface area (Å²) in [6, 6.07) is 10.0. The van der Waals surface area contributed by atoms with Gasteiger partial charge in [0.05, 0.1) is 9.79 Å². The van der Waals surface area contributed by atoms with Crippen molar-refractivity contribution < 1.29 is 16.8 Å². The van der Waals surface area contributed by atoms with Gasteiger partial charge in [0.1, 0.15) is 5.37 Å². The van der Waals surface area contributed by atoms with Gasteiger partial charge in [-0.1, -0.05) is 49.2 Å². The van der Waals surface area contributed by atoms with Gasteiger partial charge in [-0.15, -0.1) is 0 Å². The summed E-state index contributed by atoms with van der Waals surface area (Å²) in [5.41, 5.74) is 3.09. The first kappa shape index (κ1) is 22.6. The van der Waals surface area contributed by atoms with Gasteiger partial charge in [0, 0.05) is 0 Å². The van der Waals surface area contributed by atoms with E-state index < -0.39 is 25.2 Å². The van der Waals surface area contributed by atoms with Crippen molar-refractivity contribution in [2.45, 2.75) is 63.1 Å². The van der Waals surface area contributed by atoms with E-state index >= 15 is 0 Å². The molecule has 0 spiro atoms. The summed E-state index contributed by atoms with van der Waals surface area (Å²) in [7, 11) is -7.89. The quantitative estimate of drug-likeness (QED) is 0.729. The maximum Gasteiger partial charge on any atom is 0.242 e. The molecule has 28 heavy (non-hydrogen) atoms. The highest BCUT2D eigenvalue weighted by molar-refractivity contribution is 7.94. The Labute approximate surface area is 169 Å². The highest BCUT2D eigenvalue weighted by atomic mass is 32.2. The molecule has 154 valence electrons. The van der Waals surface area contributed by atoms with E-state index in [2.05, 4.69) is 4.72 Å². The van der Waals surface area contributed by atoms with Crippen LogP contribution in [0.1, 0.15) is 42.5 Å². The Balaban J connectivity index is 2.51. The van der Waals surface area contributed by atoms with E-state index in [9.17, 15) is 16.8 Å². The van der Waals surface area contributed by atoms with Crippen molar-refractivity contribution in [2.75, 3.05) is 0 Å². The summed E-state index contributed by atoms with van der Waals surface area (Å²) in [5.74, 6) is -0.00636. The molecule has 0 amide bonds. The molecule has 1 unspecified atom stereocenters. The largest absolute Gasteiger partial charge is 0.242 e. The number of hydrogen-bond acceptors (Lipinski definition) is 4. The number of hydrogen-bond donors (Lipinski definition) is 1. The lowest BCUT2D eigenvalue weighted by molar-refractivity contribution is 0.502. The van der Waals surface area contributed by atoms with Crippen molar-refractivity contribution >= 4 is 19.9 Å². The van der Waals surface area contributed by atoms with Crippen LogP contribution in [-0.4, -0.2) is 22.2 Å². The molecule has 0 radical (unpaired) electrons. The zero-order valence-electron chi connectivity index (χ0n) is 17.3. The van der Waals surface area contributed by atoms with Crippen LogP contribution in [-0.2, 0) is 19.9 Å². The Bertz CT molecular complexity index is 1030. The molecule has 0 aliphatic rings. The molecule has 1 atom stereocenters. The Kier molecular flexibility index (Phi) is 6.74. The molecule has 5 nitrogen and oxygen atoms in total. The molecular formula is C21H29NO4S2. The minimum Gasteiger partial charge on any atom is -0.222 e. The summed E-state index contributed by atoms with van der Waals surface area (Å²) in [4.78, 5) is 0.259. The third-order valence-electron chi connectivity index (χ3n) is 4.57. The van der Waals surface area contributed by atoms with Crippen LogP contribution < -0.4 is 4.72 Å². The van der Waals surface area contributed by atoms with Gasteiger partial charge < -0.3 is 0 Å². The smallest absolute Gasteiger partial charge is 0.222 e. The average Bonchev–Trinajstić information content (AvgIpc) is 2.52. The molecule has 0 heterocycles. The van der Waals surface area contributed by atoms with E-state index in [0.29, 0.717) is 11.1 Å². The van der Waals surface area contributed by atoms with Crippen molar-refractivity contribution in [3.05, 3.63) is 58.7 Å². The highest BCUT2D eigenvalue weighted by Gasteiger charge is 2.33. The minimum atomic E-state index is -4.01. The minimum absolute atomic E-state index is 0.00636. The number of sulfone groups is 1.